The highest BCUT2D eigenvalue weighted by Crippen LogP contribution is 2.46. The number of hydrogen-bond donors (Lipinski definition) is 2. The topological polar surface area (TPSA) is 81.4 Å². The minimum absolute atomic E-state index is 0.0809. The second kappa shape index (κ2) is 7.44. The largest absolute Gasteiger partial charge is 0.484 e. The van der Waals surface area contributed by atoms with Gasteiger partial charge in [-0.1, -0.05) is 24.3 Å². The fourth-order valence-electron chi connectivity index (χ4n) is 3.32. The Balaban J connectivity index is 1.66. The fraction of sp³-hybridized carbons (Fsp3) is 0.143. The normalized spacial score (nSPS) is 15.6. The Bertz CT molecular complexity index is 1050. The van der Waals surface area contributed by atoms with E-state index in [0.717, 1.165) is 27.3 Å². The predicted molar refractivity (Wildman–Crippen MR) is 106 cm³/mol. The quantitative estimate of drug-likeness (QED) is 0.686. The van der Waals surface area contributed by atoms with Gasteiger partial charge in [0.25, 0.3) is 5.91 Å². The number of thiophene rings is 1. The molecular formula is C21H17FN2O3S. The molecule has 3 N–H and O–H groups in total. The van der Waals surface area contributed by atoms with E-state index in [0.29, 0.717) is 12.2 Å². The number of primary amides is 1. The first-order valence-electron chi connectivity index (χ1n) is 8.69. The summed E-state index contributed by atoms with van der Waals surface area (Å²) in [6.07, 6.45) is 0.331. The van der Waals surface area contributed by atoms with Gasteiger partial charge in [-0.2, -0.15) is 0 Å². The van der Waals surface area contributed by atoms with Crippen molar-refractivity contribution >= 4 is 28.8 Å². The van der Waals surface area contributed by atoms with Crippen molar-refractivity contribution in [2.45, 2.75) is 12.3 Å². The van der Waals surface area contributed by atoms with E-state index < -0.39 is 5.91 Å². The number of ether oxygens (including phenoxy) is 1. The van der Waals surface area contributed by atoms with E-state index in [4.69, 9.17) is 10.5 Å². The number of benzene rings is 2. The predicted octanol–water partition coefficient (Wildman–Crippen LogP) is 3.89. The zero-order valence-electron chi connectivity index (χ0n) is 14.8. The van der Waals surface area contributed by atoms with Crippen LogP contribution in [0, 0.1) is 5.82 Å². The molecule has 2 aromatic carbocycles. The maximum Gasteiger partial charge on any atom is 0.255 e. The Morgan fingerprint density at radius 1 is 1.25 bits per heavy atom. The monoisotopic (exact) mass is 396 g/mol. The highest BCUT2D eigenvalue weighted by atomic mass is 32.1. The summed E-state index contributed by atoms with van der Waals surface area (Å²) in [4.78, 5) is 24.2. The van der Waals surface area contributed by atoms with Crippen LogP contribution in [0.15, 0.2) is 53.9 Å². The van der Waals surface area contributed by atoms with Crippen molar-refractivity contribution in [1.29, 1.82) is 0 Å². The number of anilines is 1. The third kappa shape index (κ3) is 3.61. The van der Waals surface area contributed by atoms with Crippen molar-refractivity contribution in [2.75, 3.05) is 11.9 Å². The van der Waals surface area contributed by atoms with Crippen molar-refractivity contribution in [2.24, 2.45) is 5.73 Å². The molecule has 0 spiro atoms. The van der Waals surface area contributed by atoms with Crippen molar-refractivity contribution < 1.29 is 18.7 Å². The zero-order valence-corrected chi connectivity index (χ0v) is 15.6. The summed E-state index contributed by atoms with van der Waals surface area (Å²) in [5, 5.41) is 4.89. The molecule has 0 bridgehead atoms. The molecule has 2 amide bonds. The highest BCUT2D eigenvalue weighted by Gasteiger charge is 2.30. The summed E-state index contributed by atoms with van der Waals surface area (Å²) in [5.74, 6) is -0.498. The molecule has 2 heterocycles. The third-order valence-corrected chi connectivity index (χ3v) is 5.69. The number of halogens is 1. The van der Waals surface area contributed by atoms with Crippen LogP contribution in [0.2, 0.25) is 0 Å². The molecule has 0 aliphatic carbocycles. The van der Waals surface area contributed by atoms with Crippen LogP contribution in [-0.4, -0.2) is 18.4 Å². The van der Waals surface area contributed by atoms with E-state index >= 15 is 0 Å². The first kappa shape index (κ1) is 18.2. The van der Waals surface area contributed by atoms with E-state index in [9.17, 15) is 14.0 Å². The van der Waals surface area contributed by atoms with Crippen molar-refractivity contribution in [3.63, 3.8) is 0 Å². The molecule has 0 saturated carbocycles. The smallest absolute Gasteiger partial charge is 0.255 e. The van der Waals surface area contributed by atoms with Crippen LogP contribution in [-0.2, 0) is 9.59 Å². The molecule has 0 fully saturated rings. The van der Waals surface area contributed by atoms with Gasteiger partial charge in [0.15, 0.2) is 6.61 Å². The van der Waals surface area contributed by atoms with Crippen LogP contribution in [0.3, 0.4) is 0 Å². The molecule has 1 aromatic heterocycles. The maximum absolute atomic E-state index is 13.6. The van der Waals surface area contributed by atoms with Gasteiger partial charge < -0.3 is 15.8 Å². The molecule has 0 saturated heterocycles. The van der Waals surface area contributed by atoms with E-state index in [1.807, 2.05) is 23.6 Å². The first-order chi connectivity index (χ1) is 13.5. The standard InChI is InChI=1S/C21H17FN2O3S/c22-14-3-1-2-13(8-14)17-11-28-21-16(9-19(26)24-20(17)21)12-4-6-15(7-5-12)27-10-18(23)25/h1-8,11,16H,9-10H2,(H2,23,25)(H,24,26)/t16-/m1/s1. The Hall–Kier alpha value is -3.19. The Labute approximate surface area is 164 Å². The summed E-state index contributed by atoms with van der Waals surface area (Å²) in [6.45, 7) is -0.183. The minimum Gasteiger partial charge on any atom is -0.484 e. The summed E-state index contributed by atoms with van der Waals surface area (Å²) in [6, 6.07) is 13.6. The molecular weight excluding hydrogens is 379 g/mol. The summed E-state index contributed by atoms with van der Waals surface area (Å²) in [7, 11) is 0. The van der Waals surface area contributed by atoms with Gasteiger partial charge in [-0.15, -0.1) is 11.3 Å². The number of carbonyl (C=O) groups excluding carboxylic acids is 2. The summed E-state index contributed by atoms with van der Waals surface area (Å²) >= 11 is 1.55. The lowest BCUT2D eigenvalue weighted by molar-refractivity contribution is -0.120. The summed E-state index contributed by atoms with van der Waals surface area (Å²) in [5.41, 5.74) is 8.34. The van der Waals surface area contributed by atoms with Crippen molar-refractivity contribution in [3.05, 3.63) is 70.2 Å². The molecule has 1 atom stereocenters. The lowest BCUT2D eigenvalue weighted by Crippen LogP contribution is -2.22. The van der Waals surface area contributed by atoms with E-state index in [-0.39, 0.29) is 24.2 Å². The van der Waals surface area contributed by atoms with Crippen LogP contribution in [0.4, 0.5) is 10.1 Å². The molecule has 7 heteroatoms. The second-order valence-electron chi connectivity index (χ2n) is 6.53. The number of hydrogen-bond acceptors (Lipinski definition) is 4. The average molecular weight is 396 g/mol. The Morgan fingerprint density at radius 3 is 2.75 bits per heavy atom. The zero-order chi connectivity index (χ0) is 19.7. The average Bonchev–Trinajstić information content (AvgIpc) is 3.10. The fourth-order valence-corrected chi connectivity index (χ4v) is 4.48. The van der Waals surface area contributed by atoms with Crippen LogP contribution in [0.25, 0.3) is 11.1 Å². The number of nitrogens with one attached hydrogen (secondary N) is 1. The first-order valence-corrected chi connectivity index (χ1v) is 9.57. The number of nitrogens with two attached hydrogens (primary N) is 1. The van der Waals surface area contributed by atoms with Gasteiger partial charge in [0.2, 0.25) is 5.91 Å². The highest BCUT2D eigenvalue weighted by molar-refractivity contribution is 7.11. The van der Waals surface area contributed by atoms with E-state index in [1.165, 1.54) is 12.1 Å². The number of fused-ring (bicyclic) bond motifs is 1. The molecule has 1 aliphatic rings. The van der Waals surface area contributed by atoms with Crippen LogP contribution in [0.5, 0.6) is 5.75 Å². The molecule has 28 heavy (non-hydrogen) atoms. The lowest BCUT2D eigenvalue weighted by atomic mass is 9.89. The van der Waals surface area contributed by atoms with Gasteiger partial charge in [-0.3, -0.25) is 9.59 Å². The van der Waals surface area contributed by atoms with E-state index in [2.05, 4.69) is 5.32 Å². The van der Waals surface area contributed by atoms with Crippen LogP contribution < -0.4 is 15.8 Å². The maximum atomic E-state index is 13.6. The number of amides is 2. The lowest BCUT2D eigenvalue weighted by Gasteiger charge is -2.24. The summed E-state index contributed by atoms with van der Waals surface area (Å²) < 4.78 is 18.9. The third-order valence-electron chi connectivity index (χ3n) is 4.59. The Kier molecular flexibility index (Phi) is 4.83. The van der Waals surface area contributed by atoms with Crippen LogP contribution in [0.1, 0.15) is 22.8 Å². The molecule has 3 aromatic rings. The number of rotatable bonds is 5. The SMILES string of the molecule is NC(=O)COc1ccc([C@H]2CC(=O)Nc3c(-c4cccc(F)c4)csc32)cc1. The minimum atomic E-state index is -0.541. The van der Waals surface area contributed by atoms with Gasteiger partial charge in [0.05, 0.1) is 5.69 Å². The van der Waals surface area contributed by atoms with Gasteiger partial charge >= 0.3 is 0 Å². The molecule has 0 radical (unpaired) electrons. The van der Waals surface area contributed by atoms with E-state index in [1.54, 1.807) is 29.5 Å². The van der Waals surface area contributed by atoms with Gasteiger partial charge in [-0.05, 0) is 35.4 Å². The molecule has 0 unspecified atom stereocenters. The molecule has 4 rings (SSSR count). The van der Waals surface area contributed by atoms with Gasteiger partial charge in [-0.25, -0.2) is 4.39 Å². The second-order valence-corrected chi connectivity index (χ2v) is 7.44. The molecule has 5 nitrogen and oxygen atoms in total. The van der Waals surface area contributed by atoms with Gasteiger partial charge in [0, 0.05) is 28.2 Å². The van der Waals surface area contributed by atoms with Crippen molar-refractivity contribution in [1.82, 2.24) is 0 Å². The Morgan fingerprint density at radius 2 is 2.04 bits per heavy atom. The molecule has 142 valence electrons. The molecule has 1 aliphatic heterocycles. The van der Waals surface area contributed by atoms with Gasteiger partial charge in [0.1, 0.15) is 11.6 Å². The van der Waals surface area contributed by atoms with Crippen LogP contribution >= 0.6 is 11.3 Å². The van der Waals surface area contributed by atoms with Crippen molar-refractivity contribution in [3.8, 4) is 16.9 Å². The number of carbonyl (C=O) groups is 2.